The molecule has 2 aliphatic rings. The number of aromatic hydroxyl groups is 1. The lowest BCUT2D eigenvalue weighted by Gasteiger charge is -2.34. The van der Waals surface area contributed by atoms with Gasteiger partial charge in [0.05, 0.1) is 17.7 Å². The summed E-state index contributed by atoms with van der Waals surface area (Å²) < 4.78 is 6.00. The maximum atomic E-state index is 13.0. The Kier molecular flexibility index (Phi) is 6.11. The maximum absolute atomic E-state index is 13.0. The molecule has 2 aliphatic heterocycles. The average molecular weight is 429 g/mol. The van der Waals surface area contributed by atoms with Crippen molar-refractivity contribution in [2.75, 3.05) is 39.3 Å². The molecular formula is C23H25ClN2O4. The summed E-state index contributed by atoms with van der Waals surface area (Å²) >= 11 is 5.94. The molecule has 0 atom stereocenters. The number of piperazine rings is 1. The van der Waals surface area contributed by atoms with Crippen LogP contribution >= 0.6 is 11.6 Å². The number of phenols is 1. The Balaban J connectivity index is 1.59. The van der Waals surface area contributed by atoms with Crippen molar-refractivity contribution in [3.8, 4) is 11.5 Å². The number of carbonyl (C=O) groups excluding carboxylic acids is 1. The molecule has 0 aliphatic carbocycles. The molecule has 30 heavy (non-hydrogen) atoms. The molecule has 0 unspecified atom stereocenters. The predicted molar refractivity (Wildman–Crippen MR) is 116 cm³/mol. The zero-order valence-corrected chi connectivity index (χ0v) is 17.7. The SMILES string of the molecule is Cc1cc(O)c(CN2CCN(CCO)CC2)c2c1C(=O)/C(=C/c1ccc(Cl)cc1)O2. The van der Waals surface area contributed by atoms with Crippen LogP contribution in [-0.2, 0) is 6.54 Å². The number of Topliss-reactive ketones (excluding diaryl/α,β-unsaturated/α-hetero) is 1. The van der Waals surface area contributed by atoms with E-state index in [1.165, 1.54) is 0 Å². The molecule has 1 fully saturated rings. The molecule has 4 rings (SSSR count). The number of hydrogen-bond donors (Lipinski definition) is 2. The van der Waals surface area contributed by atoms with Crippen LogP contribution in [-0.4, -0.2) is 65.1 Å². The number of aliphatic hydroxyl groups is 1. The number of ether oxygens (including phenoxy) is 1. The number of halogens is 1. The van der Waals surface area contributed by atoms with Crippen molar-refractivity contribution >= 4 is 23.5 Å². The second-order valence-corrected chi connectivity index (χ2v) is 8.16. The summed E-state index contributed by atoms with van der Waals surface area (Å²) in [5.41, 5.74) is 2.67. The lowest BCUT2D eigenvalue weighted by molar-refractivity contribution is 0.101. The van der Waals surface area contributed by atoms with Crippen molar-refractivity contribution in [2.24, 2.45) is 0 Å². The van der Waals surface area contributed by atoms with Crippen LogP contribution in [0.2, 0.25) is 5.02 Å². The zero-order chi connectivity index (χ0) is 21.3. The molecule has 0 amide bonds. The monoisotopic (exact) mass is 428 g/mol. The number of ketones is 1. The van der Waals surface area contributed by atoms with E-state index >= 15 is 0 Å². The van der Waals surface area contributed by atoms with E-state index in [1.807, 2.05) is 19.1 Å². The van der Waals surface area contributed by atoms with Gasteiger partial charge in [-0.3, -0.25) is 14.6 Å². The van der Waals surface area contributed by atoms with Crippen molar-refractivity contribution in [2.45, 2.75) is 13.5 Å². The van der Waals surface area contributed by atoms with E-state index in [1.54, 1.807) is 24.3 Å². The first-order chi connectivity index (χ1) is 14.5. The van der Waals surface area contributed by atoms with Gasteiger partial charge in [-0.15, -0.1) is 0 Å². The number of phenolic OH excluding ortho intramolecular Hbond substituents is 1. The summed E-state index contributed by atoms with van der Waals surface area (Å²) in [5.74, 6) is 0.668. The summed E-state index contributed by atoms with van der Waals surface area (Å²) in [6.45, 7) is 6.51. The van der Waals surface area contributed by atoms with Crippen molar-refractivity contribution in [1.82, 2.24) is 9.80 Å². The van der Waals surface area contributed by atoms with Crippen LogP contribution in [0.4, 0.5) is 0 Å². The van der Waals surface area contributed by atoms with Gasteiger partial charge in [0.15, 0.2) is 5.76 Å². The first kappa shape index (κ1) is 20.9. The third kappa shape index (κ3) is 4.23. The number of β-amino-alcohol motifs (C(OH)–C–C–N with tert-alkyl or cyclic N) is 1. The highest BCUT2D eigenvalue weighted by atomic mass is 35.5. The number of fused-ring (bicyclic) bond motifs is 1. The van der Waals surface area contributed by atoms with Gasteiger partial charge >= 0.3 is 0 Å². The van der Waals surface area contributed by atoms with Gasteiger partial charge in [0.25, 0.3) is 0 Å². The lowest BCUT2D eigenvalue weighted by Crippen LogP contribution is -2.46. The number of aliphatic hydroxyl groups excluding tert-OH is 1. The first-order valence-electron chi connectivity index (χ1n) is 10.1. The van der Waals surface area contributed by atoms with Gasteiger partial charge in [-0.25, -0.2) is 0 Å². The highest BCUT2D eigenvalue weighted by Crippen LogP contribution is 2.42. The highest BCUT2D eigenvalue weighted by Gasteiger charge is 2.34. The highest BCUT2D eigenvalue weighted by molar-refractivity contribution is 6.30. The Hall–Kier alpha value is -2.38. The number of carbonyl (C=O) groups is 1. The third-order valence-corrected chi connectivity index (χ3v) is 5.90. The standard InChI is InChI=1S/C23H25ClN2O4/c1-15-12-19(28)18(14-26-8-6-25(7-9-26)10-11-27)23-21(15)22(29)20(30-23)13-16-2-4-17(24)5-3-16/h2-5,12-13,27-28H,6-11,14H2,1H3/b20-13-. The molecule has 2 heterocycles. The molecule has 0 bridgehead atoms. The molecular weight excluding hydrogens is 404 g/mol. The summed E-state index contributed by atoms with van der Waals surface area (Å²) in [7, 11) is 0. The van der Waals surface area contributed by atoms with Crippen molar-refractivity contribution < 1.29 is 19.7 Å². The van der Waals surface area contributed by atoms with Gasteiger partial charge in [-0.2, -0.15) is 0 Å². The number of benzene rings is 2. The minimum absolute atomic E-state index is 0.143. The van der Waals surface area contributed by atoms with E-state index in [0.29, 0.717) is 40.6 Å². The zero-order valence-electron chi connectivity index (χ0n) is 16.9. The summed E-state index contributed by atoms with van der Waals surface area (Å²) in [6.07, 6.45) is 1.70. The first-order valence-corrected chi connectivity index (χ1v) is 10.4. The molecule has 0 saturated carbocycles. The van der Waals surface area contributed by atoms with Gasteiger partial charge in [0, 0.05) is 44.3 Å². The Morgan fingerprint density at radius 3 is 2.47 bits per heavy atom. The Bertz CT molecular complexity index is 980. The lowest BCUT2D eigenvalue weighted by atomic mass is 9.99. The summed E-state index contributed by atoms with van der Waals surface area (Å²) in [6, 6.07) is 8.82. The molecule has 0 radical (unpaired) electrons. The molecule has 2 aromatic rings. The minimum Gasteiger partial charge on any atom is -0.507 e. The van der Waals surface area contributed by atoms with Gasteiger partial charge in [-0.1, -0.05) is 23.7 Å². The van der Waals surface area contributed by atoms with Crippen molar-refractivity contribution in [3.63, 3.8) is 0 Å². The van der Waals surface area contributed by atoms with Crippen LogP contribution in [0.25, 0.3) is 6.08 Å². The minimum atomic E-state index is -0.175. The van der Waals surface area contributed by atoms with Gasteiger partial charge in [0.1, 0.15) is 11.5 Å². The van der Waals surface area contributed by atoms with Crippen LogP contribution in [0.15, 0.2) is 36.1 Å². The summed E-state index contributed by atoms with van der Waals surface area (Å²) in [5, 5.41) is 20.4. The normalized spacial score (nSPS) is 18.6. The van der Waals surface area contributed by atoms with E-state index in [2.05, 4.69) is 9.80 Å². The van der Waals surface area contributed by atoms with Crippen LogP contribution in [0.1, 0.15) is 27.0 Å². The van der Waals surface area contributed by atoms with E-state index in [4.69, 9.17) is 21.4 Å². The fraction of sp³-hybridized carbons (Fsp3) is 0.348. The van der Waals surface area contributed by atoms with Gasteiger partial charge in [-0.05, 0) is 42.3 Å². The quantitative estimate of drug-likeness (QED) is 0.713. The number of allylic oxidation sites excluding steroid dienone is 1. The van der Waals surface area contributed by atoms with Crippen molar-refractivity contribution in [1.29, 1.82) is 0 Å². The number of nitrogens with zero attached hydrogens (tertiary/aromatic N) is 2. The average Bonchev–Trinajstić information content (AvgIpc) is 3.05. The fourth-order valence-corrected chi connectivity index (χ4v) is 4.11. The maximum Gasteiger partial charge on any atom is 0.232 e. The van der Waals surface area contributed by atoms with Crippen LogP contribution in [0.3, 0.4) is 0 Å². The smallest absolute Gasteiger partial charge is 0.232 e. The number of aryl methyl sites for hydroxylation is 1. The van der Waals surface area contributed by atoms with E-state index in [-0.39, 0.29) is 23.9 Å². The van der Waals surface area contributed by atoms with E-state index in [0.717, 1.165) is 31.7 Å². The topological polar surface area (TPSA) is 73.2 Å². The number of rotatable bonds is 5. The van der Waals surface area contributed by atoms with Crippen LogP contribution < -0.4 is 4.74 Å². The van der Waals surface area contributed by atoms with Crippen LogP contribution in [0.5, 0.6) is 11.5 Å². The van der Waals surface area contributed by atoms with Gasteiger partial charge < -0.3 is 14.9 Å². The Morgan fingerprint density at radius 2 is 1.80 bits per heavy atom. The van der Waals surface area contributed by atoms with Gasteiger partial charge in [0.2, 0.25) is 5.78 Å². The van der Waals surface area contributed by atoms with E-state index < -0.39 is 0 Å². The Morgan fingerprint density at radius 1 is 1.13 bits per heavy atom. The molecule has 1 saturated heterocycles. The molecule has 0 spiro atoms. The second-order valence-electron chi connectivity index (χ2n) is 7.73. The predicted octanol–water partition coefficient (Wildman–Crippen LogP) is 3.08. The Labute approximate surface area is 180 Å². The molecule has 158 valence electrons. The summed E-state index contributed by atoms with van der Waals surface area (Å²) in [4.78, 5) is 17.5. The number of hydrogen-bond acceptors (Lipinski definition) is 6. The third-order valence-electron chi connectivity index (χ3n) is 5.65. The molecule has 0 aromatic heterocycles. The molecule has 2 aromatic carbocycles. The molecule has 2 N–H and O–H groups in total. The van der Waals surface area contributed by atoms with Crippen LogP contribution in [0, 0.1) is 6.92 Å². The molecule has 6 nitrogen and oxygen atoms in total. The largest absolute Gasteiger partial charge is 0.507 e. The van der Waals surface area contributed by atoms with Crippen molar-refractivity contribution in [3.05, 3.63) is 63.4 Å². The fourth-order valence-electron chi connectivity index (χ4n) is 3.98. The second kappa shape index (κ2) is 8.78. The van der Waals surface area contributed by atoms with E-state index in [9.17, 15) is 9.90 Å². The molecule has 7 heteroatoms.